The topological polar surface area (TPSA) is 70.6 Å². The Morgan fingerprint density at radius 3 is 2.54 bits per heavy atom. The molecule has 3 heterocycles. The van der Waals surface area contributed by atoms with Crippen LogP contribution >= 0.6 is 0 Å². The number of carbonyl (C=O) groups is 1. The number of piperidine rings is 1. The minimum Gasteiger partial charge on any atom is -0.497 e. The molecular weight excluding hydrogens is 354 g/mol. The molecule has 0 saturated carbocycles. The quantitative estimate of drug-likeness (QED) is 0.883. The minimum absolute atomic E-state index is 0.0963. The summed E-state index contributed by atoms with van der Waals surface area (Å²) in [4.78, 5) is 26.4. The maximum Gasteiger partial charge on any atom is 0.322 e. The normalized spacial score (nSPS) is 16.5. The Morgan fingerprint density at radius 1 is 1.07 bits per heavy atom. The van der Waals surface area contributed by atoms with Gasteiger partial charge in [0.1, 0.15) is 17.4 Å². The summed E-state index contributed by atoms with van der Waals surface area (Å²) in [5.74, 6) is 2.60. The van der Waals surface area contributed by atoms with Crippen molar-refractivity contribution in [2.24, 2.45) is 0 Å². The van der Waals surface area contributed by atoms with E-state index >= 15 is 0 Å². The smallest absolute Gasteiger partial charge is 0.322 e. The lowest BCUT2D eigenvalue weighted by Gasteiger charge is -2.34. The first-order valence-corrected chi connectivity index (χ1v) is 9.95. The number of benzene rings is 1. The zero-order valence-corrected chi connectivity index (χ0v) is 16.6. The third kappa shape index (κ3) is 3.88. The molecule has 2 aliphatic heterocycles. The number of aryl methyl sites for hydroxylation is 1. The summed E-state index contributed by atoms with van der Waals surface area (Å²) in [6.45, 7) is 5.21. The first kappa shape index (κ1) is 18.5. The Kier molecular flexibility index (Phi) is 5.32. The number of ether oxygens (including phenoxy) is 1. The maximum absolute atomic E-state index is 12.8. The minimum atomic E-state index is -0.0963. The maximum atomic E-state index is 12.8. The van der Waals surface area contributed by atoms with Crippen molar-refractivity contribution in [1.29, 1.82) is 0 Å². The molecule has 0 spiro atoms. The predicted octanol–water partition coefficient (Wildman–Crippen LogP) is 3.37. The van der Waals surface area contributed by atoms with E-state index in [2.05, 4.69) is 15.2 Å². The summed E-state index contributed by atoms with van der Waals surface area (Å²) in [5, 5.41) is 2.98. The van der Waals surface area contributed by atoms with E-state index in [9.17, 15) is 4.79 Å². The zero-order chi connectivity index (χ0) is 19.5. The first-order chi connectivity index (χ1) is 13.6. The number of carbonyl (C=O) groups excluding carboxylic acids is 1. The fraction of sp³-hybridized carbons (Fsp3) is 0.476. The number of methoxy groups -OCH3 is 1. The van der Waals surface area contributed by atoms with Crippen molar-refractivity contribution in [3.63, 3.8) is 0 Å². The van der Waals surface area contributed by atoms with Crippen LogP contribution in [-0.4, -0.2) is 47.6 Å². The predicted molar refractivity (Wildman–Crippen MR) is 109 cm³/mol. The number of anilines is 2. The van der Waals surface area contributed by atoms with E-state index < -0.39 is 0 Å². The first-order valence-electron chi connectivity index (χ1n) is 9.95. The summed E-state index contributed by atoms with van der Waals surface area (Å²) < 4.78 is 5.17. The van der Waals surface area contributed by atoms with Crippen molar-refractivity contribution in [3.05, 3.63) is 41.3 Å². The fourth-order valence-corrected chi connectivity index (χ4v) is 3.93. The van der Waals surface area contributed by atoms with Gasteiger partial charge in [0.05, 0.1) is 19.3 Å². The molecule has 0 radical (unpaired) electrons. The molecule has 2 amide bonds. The average Bonchev–Trinajstić information content (AvgIpc) is 2.74. The molecule has 0 aliphatic carbocycles. The Labute approximate surface area is 165 Å². The second-order valence-electron chi connectivity index (χ2n) is 7.40. The number of amides is 2. The Bertz CT molecular complexity index is 847. The second kappa shape index (κ2) is 8.04. The van der Waals surface area contributed by atoms with Gasteiger partial charge >= 0.3 is 6.03 Å². The molecule has 2 aromatic rings. The highest BCUT2D eigenvalue weighted by molar-refractivity contribution is 5.89. The standard InChI is InChI=1S/C21H27N5O2/c1-15-22-19-10-13-26(21(27)24-16-6-8-17(28-2)9-7-16)14-18(19)20(23-15)25-11-4-3-5-12-25/h6-9H,3-5,10-14H2,1-2H3,(H,24,27). The van der Waals surface area contributed by atoms with E-state index in [1.165, 1.54) is 19.3 Å². The number of hydrogen-bond acceptors (Lipinski definition) is 5. The SMILES string of the molecule is COc1ccc(NC(=O)N2CCc3nc(C)nc(N4CCCCC4)c3C2)cc1. The highest BCUT2D eigenvalue weighted by Gasteiger charge is 2.27. The third-order valence-corrected chi connectivity index (χ3v) is 5.43. The van der Waals surface area contributed by atoms with E-state index in [-0.39, 0.29) is 6.03 Å². The molecule has 1 aromatic carbocycles. The molecule has 1 fully saturated rings. The van der Waals surface area contributed by atoms with Gasteiger partial charge in [0.25, 0.3) is 0 Å². The van der Waals surface area contributed by atoms with Crippen molar-refractivity contribution in [2.75, 3.05) is 37.0 Å². The molecule has 0 unspecified atom stereocenters. The molecule has 7 heteroatoms. The van der Waals surface area contributed by atoms with E-state index in [0.717, 1.165) is 53.8 Å². The van der Waals surface area contributed by atoms with Crippen molar-refractivity contribution in [1.82, 2.24) is 14.9 Å². The molecular formula is C21H27N5O2. The summed E-state index contributed by atoms with van der Waals surface area (Å²) >= 11 is 0. The van der Waals surface area contributed by atoms with Crippen LogP contribution in [0.5, 0.6) is 5.75 Å². The molecule has 2 aliphatic rings. The molecule has 28 heavy (non-hydrogen) atoms. The monoisotopic (exact) mass is 381 g/mol. The highest BCUT2D eigenvalue weighted by atomic mass is 16.5. The van der Waals surface area contributed by atoms with Gasteiger partial charge < -0.3 is 19.9 Å². The lowest BCUT2D eigenvalue weighted by molar-refractivity contribution is 0.206. The number of urea groups is 1. The van der Waals surface area contributed by atoms with Gasteiger partial charge in [-0.3, -0.25) is 0 Å². The Balaban J connectivity index is 1.52. The summed E-state index contributed by atoms with van der Waals surface area (Å²) in [7, 11) is 1.63. The van der Waals surface area contributed by atoms with Crippen LogP contribution < -0.4 is 15.0 Å². The molecule has 1 saturated heterocycles. The van der Waals surface area contributed by atoms with Crippen LogP contribution in [0, 0.1) is 6.92 Å². The van der Waals surface area contributed by atoms with Crippen molar-refractivity contribution in [3.8, 4) is 5.75 Å². The van der Waals surface area contributed by atoms with Crippen molar-refractivity contribution < 1.29 is 9.53 Å². The van der Waals surface area contributed by atoms with E-state index in [1.807, 2.05) is 36.1 Å². The fourth-order valence-electron chi connectivity index (χ4n) is 3.93. The van der Waals surface area contributed by atoms with E-state index in [0.29, 0.717) is 13.1 Å². The van der Waals surface area contributed by atoms with Crippen LogP contribution in [0.1, 0.15) is 36.3 Å². The number of aromatic nitrogens is 2. The van der Waals surface area contributed by atoms with Gasteiger partial charge in [-0.2, -0.15) is 0 Å². The summed E-state index contributed by atoms with van der Waals surface area (Å²) in [6.07, 6.45) is 4.42. The van der Waals surface area contributed by atoms with Crippen LogP contribution in [-0.2, 0) is 13.0 Å². The number of nitrogens with zero attached hydrogens (tertiary/aromatic N) is 4. The molecule has 0 atom stereocenters. The third-order valence-electron chi connectivity index (χ3n) is 5.43. The van der Waals surface area contributed by atoms with Crippen LogP contribution in [0.2, 0.25) is 0 Å². The molecule has 4 rings (SSSR count). The Hall–Kier alpha value is -2.83. The molecule has 0 bridgehead atoms. The largest absolute Gasteiger partial charge is 0.497 e. The van der Waals surface area contributed by atoms with E-state index in [1.54, 1.807) is 7.11 Å². The molecule has 1 N–H and O–H groups in total. The number of hydrogen-bond donors (Lipinski definition) is 1. The van der Waals surface area contributed by atoms with Crippen molar-refractivity contribution >= 4 is 17.5 Å². The number of rotatable bonds is 3. The van der Waals surface area contributed by atoms with Gasteiger partial charge in [0.15, 0.2) is 0 Å². The average molecular weight is 381 g/mol. The summed E-state index contributed by atoms with van der Waals surface area (Å²) in [6, 6.07) is 7.28. The second-order valence-corrected chi connectivity index (χ2v) is 7.40. The van der Waals surface area contributed by atoms with Gasteiger partial charge in [0, 0.05) is 37.3 Å². The van der Waals surface area contributed by atoms with Gasteiger partial charge in [0.2, 0.25) is 0 Å². The van der Waals surface area contributed by atoms with Crippen LogP contribution in [0.3, 0.4) is 0 Å². The summed E-state index contributed by atoms with van der Waals surface area (Å²) in [5.41, 5.74) is 2.94. The van der Waals surface area contributed by atoms with Crippen LogP contribution in [0.4, 0.5) is 16.3 Å². The van der Waals surface area contributed by atoms with Gasteiger partial charge in [-0.05, 0) is 50.5 Å². The van der Waals surface area contributed by atoms with Crippen LogP contribution in [0.15, 0.2) is 24.3 Å². The molecule has 7 nitrogen and oxygen atoms in total. The van der Waals surface area contributed by atoms with Crippen molar-refractivity contribution in [2.45, 2.75) is 39.2 Å². The highest BCUT2D eigenvalue weighted by Crippen LogP contribution is 2.29. The lowest BCUT2D eigenvalue weighted by Crippen LogP contribution is -2.41. The molecule has 148 valence electrons. The zero-order valence-electron chi connectivity index (χ0n) is 16.6. The molecule has 1 aromatic heterocycles. The van der Waals surface area contributed by atoms with Gasteiger partial charge in [-0.15, -0.1) is 0 Å². The Morgan fingerprint density at radius 2 is 1.82 bits per heavy atom. The lowest BCUT2D eigenvalue weighted by atomic mass is 10.0. The number of fused-ring (bicyclic) bond motifs is 1. The van der Waals surface area contributed by atoms with Crippen LogP contribution in [0.25, 0.3) is 0 Å². The van der Waals surface area contributed by atoms with Gasteiger partial charge in [-0.25, -0.2) is 14.8 Å². The van der Waals surface area contributed by atoms with Gasteiger partial charge in [-0.1, -0.05) is 0 Å². The van der Waals surface area contributed by atoms with E-state index in [4.69, 9.17) is 9.72 Å². The number of nitrogens with one attached hydrogen (secondary N) is 1.